The van der Waals surface area contributed by atoms with Gasteiger partial charge in [-0.25, -0.2) is 0 Å². The first-order chi connectivity index (χ1) is 10.4. The Balaban J connectivity index is 2.24. The standard InChI is InChI=1S/C19H22N2O/c1-12-8-13(2)18(14(3)9-12)20-6-7-21-19-15(4)10-17(22)11-16(19)5/h6-11,22H,1-5H3. The van der Waals surface area contributed by atoms with E-state index in [1.54, 1.807) is 24.6 Å². The Morgan fingerprint density at radius 2 is 1.05 bits per heavy atom. The molecule has 2 aromatic carbocycles. The largest absolute Gasteiger partial charge is 0.508 e. The van der Waals surface area contributed by atoms with Gasteiger partial charge in [-0.1, -0.05) is 17.7 Å². The van der Waals surface area contributed by atoms with E-state index in [9.17, 15) is 5.11 Å². The molecule has 0 saturated heterocycles. The number of aliphatic imine (C=N–C) groups is 2. The van der Waals surface area contributed by atoms with Crippen LogP contribution in [0.2, 0.25) is 0 Å². The van der Waals surface area contributed by atoms with Crippen molar-refractivity contribution in [3.8, 4) is 5.75 Å². The summed E-state index contributed by atoms with van der Waals surface area (Å²) in [6.45, 7) is 10.1. The van der Waals surface area contributed by atoms with Gasteiger partial charge < -0.3 is 5.11 Å². The predicted octanol–water partition coefficient (Wildman–Crippen LogP) is 5.04. The number of nitrogens with zero attached hydrogens (tertiary/aromatic N) is 2. The fourth-order valence-electron chi connectivity index (χ4n) is 2.73. The Bertz CT molecular complexity index is 647. The first-order valence-electron chi connectivity index (χ1n) is 7.33. The molecule has 0 unspecified atom stereocenters. The van der Waals surface area contributed by atoms with Gasteiger partial charge in [-0.05, 0) is 69.0 Å². The molecule has 2 rings (SSSR count). The van der Waals surface area contributed by atoms with E-state index in [1.807, 2.05) is 13.8 Å². The smallest absolute Gasteiger partial charge is 0.116 e. The lowest BCUT2D eigenvalue weighted by molar-refractivity contribution is 0.474. The van der Waals surface area contributed by atoms with E-state index < -0.39 is 0 Å². The van der Waals surface area contributed by atoms with Crippen molar-refractivity contribution in [2.24, 2.45) is 9.98 Å². The van der Waals surface area contributed by atoms with E-state index in [4.69, 9.17) is 0 Å². The fraction of sp³-hybridized carbons (Fsp3) is 0.263. The van der Waals surface area contributed by atoms with Crippen LogP contribution in [0.15, 0.2) is 34.3 Å². The van der Waals surface area contributed by atoms with E-state index in [-0.39, 0.29) is 5.75 Å². The Labute approximate surface area is 132 Å². The van der Waals surface area contributed by atoms with Crippen LogP contribution in [0.3, 0.4) is 0 Å². The van der Waals surface area contributed by atoms with Crippen LogP contribution in [-0.4, -0.2) is 17.5 Å². The summed E-state index contributed by atoms with van der Waals surface area (Å²) in [7, 11) is 0. The van der Waals surface area contributed by atoms with Gasteiger partial charge in [0.05, 0.1) is 11.4 Å². The molecule has 22 heavy (non-hydrogen) atoms. The minimum atomic E-state index is 0.272. The van der Waals surface area contributed by atoms with Gasteiger partial charge in [0.2, 0.25) is 0 Å². The van der Waals surface area contributed by atoms with Crippen molar-refractivity contribution in [3.05, 3.63) is 52.1 Å². The summed E-state index contributed by atoms with van der Waals surface area (Å²) < 4.78 is 0. The fourth-order valence-corrected chi connectivity index (χ4v) is 2.73. The summed E-state index contributed by atoms with van der Waals surface area (Å²) in [6.07, 6.45) is 3.42. The maximum Gasteiger partial charge on any atom is 0.116 e. The van der Waals surface area contributed by atoms with E-state index in [0.29, 0.717) is 0 Å². The molecule has 0 radical (unpaired) electrons. The molecule has 0 spiro atoms. The van der Waals surface area contributed by atoms with Gasteiger partial charge in [-0.15, -0.1) is 0 Å². The molecular formula is C19H22N2O. The summed E-state index contributed by atoms with van der Waals surface area (Å²) >= 11 is 0. The zero-order valence-electron chi connectivity index (χ0n) is 13.8. The molecule has 0 atom stereocenters. The molecule has 0 aromatic heterocycles. The minimum absolute atomic E-state index is 0.272. The van der Waals surface area contributed by atoms with Crippen LogP contribution in [0.4, 0.5) is 11.4 Å². The number of hydrogen-bond donors (Lipinski definition) is 1. The normalized spacial score (nSPS) is 11.7. The second kappa shape index (κ2) is 6.56. The molecule has 0 aliphatic carbocycles. The molecule has 3 nitrogen and oxygen atoms in total. The third-order valence-corrected chi connectivity index (χ3v) is 3.59. The molecule has 0 aliphatic rings. The van der Waals surface area contributed by atoms with E-state index in [2.05, 4.69) is 42.9 Å². The molecule has 3 heteroatoms. The van der Waals surface area contributed by atoms with Crippen molar-refractivity contribution in [3.63, 3.8) is 0 Å². The van der Waals surface area contributed by atoms with Gasteiger partial charge in [-0.2, -0.15) is 0 Å². The van der Waals surface area contributed by atoms with Crippen molar-refractivity contribution < 1.29 is 5.11 Å². The van der Waals surface area contributed by atoms with Crippen LogP contribution < -0.4 is 0 Å². The number of benzene rings is 2. The van der Waals surface area contributed by atoms with Crippen LogP contribution >= 0.6 is 0 Å². The summed E-state index contributed by atoms with van der Waals surface area (Å²) in [5.74, 6) is 0.272. The molecular weight excluding hydrogens is 272 g/mol. The first kappa shape index (κ1) is 16.0. The first-order valence-corrected chi connectivity index (χ1v) is 7.33. The lowest BCUT2D eigenvalue weighted by Gasteiger charge is -2.06. The average Bonchev–Trinajstić information content (AvgIpc) is 2.38. The van der Waals surface area contributed by atoms with Crippen molar-refractivity contribution in [2.75, 3.05) is 0 Å². The molecule has 0 fully saturated rings. The van der Waals surface area contributed by atoms with Gasteiger partial charge in [0.15, 0.2) is 0 Å². The molecule has 0 saturated carbocycles. The molecule has 114 valence electrons. The van der Waals surface area contributed by atoms with Crippen LogP contribution in [0.25, 0.3) is 0 Å². The summed E-state index contributed by atoms with van der Waals surface area (Å²) in [5, 5.41) is 9.54. The van der Waals surface area contributed by atoms with Crippen LogP contribution in [0.5, 0.6) is 5.75 Å². The number of rotatable bonds is 3. The van der Waals surface area contributed by atoms with Crippen molar-refractivity contribution in [2.45, 2.75) is 34.6 Å². The third kappa shape index (κ3) is 3.61. The molecule has 2 aromatic rings. The summed E-state index contributed by atoms with van der Waals surface area (Å²) in [6, 6.07) is 7.69. The van der Waals surface area contributed by atoms with Crippen molar-refractivity contribution in [1.82, 2.24) is 0 Å². The Morgan fingerprint density at radius 3 is 1.45 bits per heavy atom. The van der Waals surface area contributed by atoms with E-state index in [1.165, 1.54) is 16.7 Å². The van der Waals surface area contributed by atoms with Crippen LogP contribution in [-0.2, 0) is 0 Å². The second-order valence-electron chi connectivity index (χ2n) is 5.73. The topological polar surface area (TPSA) is 45.0 Å². The van der Waals surface area contributed by atoms with Gasteiger partial charge >= 0.3 is 0 Å². The molecule has 0 heterocycles. The average molecular weight is 294 g/mol. The zero-order chi connectivity index (χ0) is 16.3. The summed E-state index contributed by atoms with van der Waals surface area (Å²) in [4.78, 5) is 8.97. The Kier molecular flexibility index (Phi) is 4.76. The highest BCUT2D eigenvalue weighted by molar-refractivity contribution is 6.17. The number of aromatic hydroxyl groups is 1. The minimum Gasteiger partial charge on any atom is -0.508 e. The third-order valence-electron chi connectivity index (χ3n) is 3.59. The van der Waals surface area contributed by atoms with E-state index >= 15 is 0 Å². The maximum absolute atomic E-state index is 9.54. The Hall–Kier alpha value is -2.42. The number of hydrogen-bond acceptors (Lipinski definition) is 3. The van der Waals surface area contributed by atoms with Crippen molar-refractivity contribution >= 4 is 23.8 Å². The monoisotopic (exact) mass is 294 g/mol. The van der Waals surface area contributed by atoms with Crippen LogP contribution in [0.1, 0.15) is 27.8 Å². The SMILES string of the molecule is Cc1cc(C)c(N=CC=Nc2c(C)cc(O)cc2C)c(C)c1. The van der Waals surface area contributed by atoms with Crippen LogP contribution in [0, 0.1) is 34.6 Å². The Morgan fingerprint density at radius 1 is 0.682 bits per heavy atom. The predicted molar refractivity (Wildman–Crippen MR) is 94.5 cm³/mol. The number of phenols is 1. The lowest BCUT2D eigenvalue weighted by atomic mass is 10.1. The highest BCUT2D eigenvalue weighted by Gasteiger charge is 2.03. The molecule has 0 amide bonds. The van der Waals surface area contributed by atoms with Gasteiger partial charge in [0, 0.05) is 12.4 Å². The number of aryl methyl sites for hydroxylation is 5. The lowest BCUT2D eigenvalue weighted by Crippen LogP contribution is -1.86. The number of phenolic OH excluding ortho intramolecular Hbond substituents is 1. The van der Waals surface area contributed by atoms with Crippen molar-refractivity contribution in [1.29, 1.82) is 0 Å². The summed E-state index contributed by atoms with van der Waals surface area (Å²) in [5.41, 5.74) is 7.35. The quantitative estimate of drug-likeness (QED) is 0.792. The highest BCUT2D eigenvalue weighted by atomic mass is 16.3. The molecule has 0 aliphatic heterocycles. The van der Waals surface area contributed by atoms with E-state index in [0.717, 1.165) is 22.5 Å². The highest BCUT2D eigenvalue weighted by Crippen LogP contribution is 2.28. The zero-order valence-corrected chi connectivity index (χ0v) is 13.8. The van der Waals surface area contributed by atoms with Gasteiger partial charge in [-0.3, -0.25) is 9.98 Å². The molecule has 1 N–H and O–H groups in total. The van der Waals surface area contributed by atoms with Gasteiger partial charge in [0.25, 0.3) is 0 Å². The maximum atomic E-state index is 9.54. The van der Waals surface area contributed by atoms with Gasteiger partial charge in [0.1, 0.15) is 5.75 Å². The second-order valence-corrected chi connectivity index (χ2v) is 5.73. The molecule has 0 bridgehead atoms.